The van der Waals surface area contributed by atoms with Crippen LogP contribution in [0.2, 0.25) is 0 Å². The van der Waals surface area contributed by atoms with Crippen LogP contribution in [0.25, 0.3) is 12.2 Å². The van der Waals surface area contributed by atoms with Gasteiger partial charge in [-0.05, 0) is 82.9 Å². The van der Waals surface area contributed by atoms with Crippen LogP contribution in [0.15, 0.2) is 84.9 Å². The van der Waals surface area contributed by atoms with Crippen molar-refractivity contribution in [3.63, 3.8) is 0 Å². The van der Waals surface area contributed by atoms with Gasteiger partial charge < -0.3 is 58.7 Å². The number of carbonyl (C=O) groups is 1. The summed E-state index contributed by atoms with van der Waals surface area (Å²) in [4.78, 5) is 13.1. The molecule has 1 saturated heterocycles. The first kappa shape index (κ1) is 38.3. The van der Waals surface area contributed by atoms with Crippen molar-refractivity contribution in [1.82, 2.24) is 0 Å². The Balaban J connectivity index is 1.52. The largest absolute Gasteiger partial charge is 0.508 e. The molecule has 1 aliphatic rings. The van der Waals surface area contributed by atoms with Crippen molar-refractivity contribution in [2.24, 2.45) is 11.8 Å². The Morgan fingerprint density at radius 2 is 1.08 bits per heavy atom. The van der Waals surface area contributed by atoms with Gasteiger partial charge in [0.25, 0.3) is 0 Å². The van der Waals surface area contributed by atoms with Crippen LogP contribution in [0.5, 0.6) is 46.0 Å². The molecule has 1 aliphatic heterocycles. The van der Waals surface area contributed by atoms with Crippen molar-refractivity contribution in [3.05, 3.63) is 107 Å². The van der Waals surface area contributed by atoms with Crippen LogP contribution in [0, 0.1) is 11.8 Å². The molecule has 53 heavy (non-hydrogen) atoms. The monoisotopic (exact) mass is 730 g/mol. The molecular weight excluding hydrogens is 688 g/mol. The predicted molar refractivity (Wildman–Crippen MR) is 193 cm³/mol. The minimum absolute atomic E-state index is 0.0899. The Kier molecular flexibility index (Phi) is 12.7. The van der Waals surface area contributed by atoms with Gasteiger partial charge in [-0.15, -0.1) is 0 Å². The average Bonchev–Trinajstić information content (AvgIpc) is 3.54. The molecule has 4 aromatic rings. The molecule has 5 atom stereocenters. The van der Waals surface area contributed by atoms with Crippen LogP contribution in [-0.4, -0.2) is 79.4 Å². The summed E-state index contributed by atoms with van der Waals surface area (Å²) in [5.74, 6) is -1.64. The summed E-state index contributed by atoms with van der Waals surface area (Å²) in [7, 11) is 5.60. The summed E-state index contributed by atoms with van der Waals surface area (Å²) in [6.45, 7) is -0.281. The molecule has 0 aliphatic carbocycles. The summed E-state index contributed by atoms with van der Waals surface area (Å²) in [6.07, 6.45) is 2.91. The maximum absolute atomic E-state index is 13.1. The van der Waals surface area contributed by atoms with E-state index in [4.69, 9.17) is 33.2 Å². The molecule has 13 heteroatoms. The number of hydrogen-bond donors (Lipinski definition) is 5. The summed E-state index contributed by atoms with van der Waals surface area (Å²) >= 11 is 0. The molecular formula is C40H42O13. The smallest absolute Gasteiger partial charge is 0.330 e. The number of phenolic OH excluding ortho intramolecular Hbond substituents is 4. The number of aliphatic hydroxyl groups is 1. The van der Waals surface area contributed by atoms with Gasteiger partial charge in [-0.2, -0.15) is 0 Å². The lowest BCUT2D eigenvalue weighted by molar-refractivity contribution is -0.140. The number of hydrogen-bond acceptors (Lipinski definition) is 13. The maximum Gasteiger partial charge on any atom is 0.330 e. The van der Waals surface area contributed by atoms with Gasteiger partial charge in [-0.3, -0.25) is 0 Å². The van der Waals surface area contributed by atoms with Crippen molar-refractivity contribution in [1.29, 1.82) is 0 Å². The van der Waals surface area contributed by atoms with Crippen molar-refractivity contribution >= 4 is 18.1 Å². The fourth-order valence-electron chi connectivity index (χ4n) is 6.06. The minimum Gasteiger partial charge on any atom is -0.508 e. The second-order valence-electron chi connectivity index (χ2n) is 12.1. The van der Waals surface area contributed by atoms with Crippen molar-refractivity contribution < 1.29 is 63.5 Å². The number of phenols is 4. The van der Waals surface area contributed by atoms with E-state index in [0.717, 1.165) is 5.56 Å². The summed E-state index contributed by atoms with van der Waals surface area (Å²) in [6, 6.07) is 19.1. The third-order valence-corrected chi connectivity index (χ3v) is 8.81. The van der Waals surface area contributed by atoms with E-state index in [9.17, 15) is 30.3 Å². The zero-order valence-corrected chi connectivity index (χ0v) is 29.5. The third-order valence-electron chi connectivity index (χ3n) is 8.81. The number of carbonyl (C=O) groups excluding carboxylic acids is 1. The molecule has 1 heterocycles. The van der Waals surface area contributed by atoms with Crippen LogP contribution in [0.3, 0.4) is 0 Å². The van der Waals surface area contributed by atoms with E-state index in [1.54, 1.807) is 60.7 Å². The van der Waals surface area contributed by atoms with Crippen LogP contribution in [0.4, 0.5) is 0 Å². The molecule has 0 amide bonds. The molecule has 0 spiro atoms. The Morgan fingerprint density at radius 3 is 1.51 bits per heavy atom. The van der Waals surface area contributed by atoms with Gasteiger partial charge >= 0.3 is 5.97 Å². The first-order valence-corrected chi connectivity index (χ1v) is 16.5. The highest BCUT2D eigenvalue weighted by molar-refractivity contribution is 5.87. The number of benzene rings is 4. The molecule has 0 bridgehead atoms. The van der Waals surface area contributed by atoms with E-state index >= 15 is 0 Å². The highest BCUT2D eigenvalue weighted by Crippen LogP contribution is 2.53. The quantitative estimate of drug-likeness (QED) is 0.0555. The van der Waals surface area contributed by atoms with Crippen molar-refractivity contribution in [2.75, 3.05) is 41.7 Å². The van der Waals surface area contributed by atoms with E-state index in [1.807, 2.05) is 0 Å². The van der Waals surface area contributed by atoms with Gasteiger partial charge in [0.15, 0.2) is 29.3 Å². The lowest BCUT2D eigenvalue weighted by Gasteiger charge is -2.25. The third kappa shape index (κ3) is 9.32. The highest BCUT2D eigenvalue weighted by Gasteiger charge is 2.47. The summed E-state index contributed by atoms with van der Waals surface area (Å²) < 4.78 is 40.2. The van der Waals surface area contributed by atoms with Gasteiger partial charge in [-0.1, -0.05) is 30.3 Å². The maximum atomic E-state index is 13.1. The zero-order chi connectivity index (χ0) is 38.1. The van der Waals surface area contributed by atoms with Gasteiger partial charge in [-0.25, -0.2) is 4.79 Å². The molecule has 5 N–H and O–H groups in total. The van der Waals surface area contributed by atoms with Crippen molar-refractivity contribution in [2.45, 2.75) is 18.5 Å². The Hall–Kier alpha value is -5.89. The number of methoxy groups -OCH3 is 4. The van der Waals surface area contributed by atoms with Gasteiger partial charge in [0.05, 0.1) is 53.9 Å². The Morgan fingerprint density at radius 1 is 0.660 bits per heavy atom. The number of esters is 1. The number of aliphatic hydroxyl groups excluding tert-OH is 1. The van der Waals surface area contributed by atoms with E-state index in [1.165, 1.54) is 64.9 Å². The van der Waals surface area contributed by atoms with Crippen LogP contribution < -0.4 is 18.9 Å². The number of aromatic hydroxyl groups is 4. The second kappa shape index (κ2) is 17.6. The fourth-order valence-corrected chi connectivity index (χ4v) is 6.06. The van der Waals surface area contributed by atoms with E-state index in [0.29, 0.717) is 16.7 Å². The number of ether oxygens (including phenoxy) is 7. The minimum atomic E-state index is -1.36. The van der Waals surface area contributed by atoms with Crippen molar-refractivity contribution in [3.8, 4) is 46.0 Å². The highest BCUT2D eigenvalue weighted by atomic mass is 16.6. The van der Waals surface area contributed by atoms with Gasteiger partial charge in [0.2, 0.25) is 11.5 Å². The van der Waals surface area contributed by atoms with Gasteiger partial charge in [0, 0.05) is 17.9 Å². The first-order chi connectivity index (χ1) is 25.5. The average molecular weight is 731 g/mol. The zero-order valence-electron chi connectivity index (χ0n) is 29.5. The molecule has 0 saturated carbocycles. The molecule has 0 aromatic heterocycles. The second-order valence-corrected chi connectivity index (χ2v) is 12.1. The Bertz CT molecular complexity index is 1850. The molecule has 4 aromatic carbocycles. The lowest BCUT2D eigenvalue weighted by Crippen LogP contribution is -2.28. The standard InChI is InChI=1S/C40H42O13/c1-47-31-17-25(18-32(48-2)37(31)45)39-29(21-51-35(43)15-9-23-5-11-27(41)12-6-23)30(22-52-36(44)16-10-24-7-13-28(42)14-8-24)40(53-39)26-19-33(49-3)38(46)34(20-26)50-4/h5-20,29-30,35,39-43,45-46H,21-22H2,1-4H3. The molecule has 0 radical (unpaired) electrons. The van der Waals surface area contributed by atoms with Crippen LogP contribution in [0.1, 0.15) is 34.5 Å². The molecule has 5 rings (SSSR count). The topological polar surface area (TPSA) is 183 Å². The molecule has 5 unspecified atom stereocenters. The fraction of sp³-hybridized carbons (Fsp3) is 0.275. The number of rotatable bonds is 15. The lowest BCUT2D eigenvalue weighted by atomic mass is 9.83. The summed E-state index contributed by atoms with van der Waals surface area (Å²) in [5.41, 5.74) is 2.44. The van der Waals surface area contributed by atoms with Gasteiger partial charge in [0.1, 0.15) is 11.5 Å². The molecule has 280 valence electrons. The predicted octanol–water partition coefficient (Wildman–Crippen LogP) is 5.89. The Labute approximate surface area is 306 Å². The molecule has 13 nitrogen and oxygen atoms in total. The normalized spacial score (nSPS) is 19.0. The first-order valence-electron chi connectivity index (χ1n) is 16.5. The van der Waals surface area contributed by atoms with E-state index in [2.05, 4.69) is 0 Å². The van der Waals surface area contributed by atoms with E-state index < -0.39 is 36.3 Å². The van der Waals surface area contributed by atoms with E-state index in [-0.39, 0.29) is 59.2 Å². The summed E-state index contributed by atoms with van der Waals surface area (Å²) in [5, 5.41) is 51.4. The SMILES string of the molecule is COc1cc(C2OC(c3cc(OC)c(O)c(OC)c3)C(COC(O)C=Cc3ccc(O)cc3)C2COC(=O)C=Cc2ccc(O)cc2)cc(OC)c1O. The van der Waals surface area contributed by atoms with Crippen LogP contribution >= 0.6 is 0 Å². The molecule has 1 fully saturated rings. The van der Waals surface area contributed by atoms with Crippen LogP contribution in [-0.2, 0) is 19.0 Å².